The molecule has 0 radical (unpaired) electrons. The zero-order valence-corrected chi connectivity index (χ0v) is 13.1. The van der Waals surface area contributed by atoms with Gasteiger partial charge in [-0.2, -0.15) is 0 Å². The van der Waals surface area contributed by atoms with Crippen LogP contribution in [0.3, 0.4) is 0 Å². The molecular weight excluding hydrogens is 308 g/mol. The minimum atomic E-state index is -0.0526. The Kier molecular flexibility index (Phi) is 3.50. The van der Waals surface area contributed by atoms with Gasteiger partial charge in [-0.3, -0.25) is 9.78 Å². The van der Waals surface area contributed by atoms with Crippen LogP contribution in [0.25, 0.3) is 10.8 Å². The monoisotopic (exact) mass is 322 g/mol. The van der Waals surface area contributed by atoms with Crippen molar-refractivity contribution in [1.29, 1.82) is 0 Å². The van der Waals surface area contributed by atoms with Gasteiger partial charge in [-0.05, 0) is 35.6 Å². The van der Waals surface area contributed by atoms with Gasteiger partial charge in [-0.1, -0.05) is 41.9 Å². The Hall–Kier alpha value is -2.39. The van der Waals surface area contributed by atoms with Crippen molar-refractivity contribution in [3.63, 3.8) is 0 Å². The summed E-state index contributed by atoms with van der Waals surface area (Å²) in [5.41, 5.74) is 1.78. The SMILES string of the molecule is O=C(N[C@@H]1C[C@H]1c1ccccc1Cl)c1cccc2ccncc12. The quantitative estimate of drug-likeness (QED) is 0.786. The van der Waals surface area contributed by atoms with Crippen molar-refractivity contribution < 1.29 is 4.79 Å². The van der Waals surface area contributed by atoms with E-state index in [0.717, 1.165) is 27.8 Å². The fourth-order valence-corrected chi connectivity index (χ4v) is 3.31. The summed E-state index contributed by atoms with van der Waals surface area (Å²) in [6.45, 7) is 0. The lowest BCUT2D eigenvalue weighted by Crippen LogP contribution is -2.26. The molecule has 3 aromatic rings. The number of fused-ring (bicyclic) bond motifs is 1. The molecule has 1 aliphatic rings. The number of rotatable bonds is 3. The smallest absolute Gasteiger partial charge is 0.252 e. The van der Waals surface area contributed by atoms with Crippen LogP contribution in [0.4, 0.5) is 0 Å². The number of aromatic nitrogens is 1. The van der Waals surface area contributed by atoms with Gasteiger partial charge in [0.05, 0.1) is 0 Å². The maximum absolute atomic E-state index is 12.6. The average Bonchev–Trinajstić information content (AvgIpc) is 3.33. The summed E-state index contributed by atoms with van der Waals surface area (Å²) < 4.78 is 0. The predicted octanol–water partition coefficient (Wildman–Crippen LogP) is 4.17. The zero-order chi connectivity index (χ0) is 15.8. The molecule has 1 aromatic heterocycles. The molecule has 0 bridgehead atoms. The number of hydrogen-bond acceptors (Lipinski definition) is 2. The largest absolute Gasteiger partial charge is 0.349 e. The molecule has 1 saturated carbocycles. The van der Waals surface area contributed by atoms with E-state index in [1.807, 2.05) is 48.5 Å². The van der Waals surface area contributed by atoms with Gasteiger partial charge in [-0.25, -0.2) is 0 Å². The third-order valence-corrected chi connectivity index (χ3v) is 4.68. The van der Waals surface area contributed by atoms with Gasteiger partial charge in [0.1, 0.15) is 0 Å². The molecule has 1 N–H and O–H groups in total. The lowest BCUT2D eigenvalue weighted by atomic mass is 10.1. The molecule has 1 amide bonds. The maximum Gasteiger partial charge on any atom is 0.252 e. The molecule has 0 saturated heterocycles. The molecule has 4 rings (SSSR count). The van der Waals surface area contributed by atoms with E-state index in [-0.39, 0.29) is 11.9 Å². The molecule has 1 aliphatic carbocycles. The third-order valence-electron chi connectivity index (χ3n) is 4.34. The van der Waals surface area contributed by atoms with E-state index in [2.05, 4.69) is 10.3 Å². The molecule has 0 aliphatic heterocycles. The number of amides is 1. The highest BCUT2D eigenvalue weighted by molar-refractivity contribution is 6.31. The van der Waals surface area contributed by atoms with Gasteiger partial charge in [-0.15, -0.1) is 0 Å². The van der Waals surface area contributed by atoms with E-state index >= 15 is 0 Å². The van der Waals surface area contributed by atoms with Crippen LogP contribution in [0.5, 0.6) is 0 Å². The Balaban J connectivity index is 1.54. The van der Waals surface area contributed by atoms with E-state index in [1.54, 1.807) is 12.4 Å². The number of nitrogens with zero attached hydrogens (tertiary/aromatic N) is 1. The number of hydrogen-bond donors (Lipinski definition) is 1. The summed E-state index contributed by atoms with van der Waals surface area (Å²) in [5.74, 6) is 0.254. The Bertz CT molecular complexity index is 888. The molecule has 1 fully saturated rings. The van der Waals surface area contributed by atoms with Crippen LogP contribution in [-0.2, 0) is 0 Å². The first-order chi connectivity index (χ1) is 11.2. The lowest BCUT2D eigenvalue weighted by molar-refractivity contribution is 0.0952. The Labute approximate surface area is 139 Å². The topological polar surface area (TPSA) is 42.0 Å². The molecule has 1 heterocycles. The van der Waals surface area contributed by atoms with E-state index in [4.69, 9.17) is 11.6 Å². The molecule has 0 spiro atoms. The fraction of sp³-hybridized carbons (Fsp3) is 0.158. The van der Waals surface area contributed by atoms with E-state index in [0.29, 0.717) is 11.5 Å². The van der Waals surface area contributed by atoms with Gasteiger partial charge in [0.25, 0.3) is 5.91 Å². The van der Waals surface area contributed by atoms with Crippen molar-refractivity contribution in [1.82, 2.24) is 10.3 Å². The van der Waals surface area contributed by atoms with Crippen LogP contribution in [0.15, 0.2) is 60.9 Å². The number of nitrogens with one attached hydrogen (secondary N) is 1. The summed E-state index contributed by atoms with van der Waals surface area (Å²) in [7, 11) is 0. The van der Waals surface area contributed by atoms with Crippen LogP contribution in [0.2, 0.25) is 5.02 Å². The summed E-state index contributed by atoms with van der Waals surface area (Å²) >= 11 is 6.24. The molecule has 0 unspecified atom stereocenters. The first-order valence-electron chi connectivity index (χ1n) is 7.62. The second-order valence-electron chi connectivity index (χ2n) is 5.85. The Morgan fingerprint density at radius 3 is 2.87 bits per heavy atom. The number of halogens is 1. The zero-order valence-electron chi connectivity index (χ0n) is 12.4. The number of carbonyl (C=O) groups excluding carboxylic acids is 1. The number of pyridine rings is 1. The normalized spacial score (nSPS) is 19.5. The van der Waals surface area contributed by atoms with Crippen molar-refractivity contribution >= 4 is 28.3 Å². The van der Waals surface area contributed by atoms with Gasteiger partial charge >= 0.3 is 0 Å². The molecule has 4 heteroatoms. The summed E-state index contributed by atoms with van der Waals surface area (Å²) in [4.78, 5) is 16.7. The summed E-state index contributed by atoms with van der Waals surface area (Å²) in [5, 5.41) is 5.78. The van der Waals surface area contributed by atoms with Crippen LogP contribution >= 0.6 is 11.6 Å². The number of carbonyl (C=O) groups is 1. The van der Waals surface area contributed by atoms with Crippen molar-refractivity contribution in [2.24, 2.45) is 0 Å². The van der Waals surface area contributed by atoms with Gasteiger partial charge in [0.2, 0.25) is 0 Å². The van der Waals surface area contributed by atoms with E-state index < -0.39 is 0 Å². The van der Waals surface area contributed by atoms with Crippen molar-refractivity contribution in [3.05, 3.63) is 77.1 Å². The van der Waals surface area contributed by atoms with Gasteiger partial charge in [0.15, 0.2) is 0 Å². The van der Waals surface area contributed by atoms with Gasteiger partial charge < -0.3 is 5.32 Å². The van der Waals surface area contributed by atoms with Crippen molar-refractivity contribution in [2.45, 2.75) is 18.4 Å². The highest BCUT2D eigenvalue weighted by Gasteiger charge is 2.40. The highest BCUT2D eigenvalue weighted by atomic mass is 35.5. The van der Waals surface area contributed by atoms with Gasteiger partial charge in [0, 0.05) is 40.3 Å². The molecule has 23 heavy (non-hydrogen) atoms. The number of benzene rings is 2. The minimum absolute atomic E-state index is 0.0526. The van der Waals surface area contributed by atoms with Crippen LogP contribution < -0.4 is 5.32 Å². The van der Waals surface area contributed by atoms with Crippen LogP contribution in [0.1, 0.15) is 28.3 Å². The summed E-state index contributed by atoms with van der Waals surface area (Å²) in [6.07, 6.45) is 4.40. The molecule has 2 atom stereocenters. The maximum atomic E-state index is 12.6. The Morgan fingerprint density at radius 1 is 1.13 bits per heavy atom. The lowest BCUT2D eigenvalue weighted by Gasteiger charge is -2.08. The molecular formula is C19H15ClN2O. The summed E-state index contributed by atoms with van der Waals surface area (Å²) in [6, 6.07) is 15.6. The second-order valence-corrected chi connectivity index (χ2v) is 6.25. The standard InChI is InChI=1S/C19H15ClN2O/c20-17-7-2-1-5-13(17)15-10-18(15)22-19(23)14-6-3-4-12-8-9-21-11-16(12)14/h1-9,11,15,18H,10H2,(H,22,23)/t15-,18+/m0/s1. The predicted molar refractivity (Wildman–Crippen MR) is 91.8 cm³/mol. The first-order valence-corrected chi connectivity index (χ1v) is 8.00. The second kappa shape index (κ2) is 5.67. The van der Waals surface area contributed by atoms with E-state index in [1.165, 1.54) is 0 Å². The van der Waals surface area contributed by atoms with Crippen LogP contribution in [0, 0.1) is 0 Å². The minimum Gasteiger partial charge on any atom is -0.349 e. The van der Waals surface area contributed by atoms with Crippen LogP contribution in [-0.4, -0.2) is 16.9 Å². The first kappa shape index (κ1) is 14.2. The van der Waals surface area contributed by atoms with E-state index in [9.17, 15) is 4.79 Å². The molecule has 3 nitrogen and oxygen atoms in total. The highest BCUT2D eigenvalue weighted by Crippen LogP contribution is 2.43. The van der Waals surface area contributed by atoms with Crippen molar-refractivity contribution in [2.75, 3.05) is 0 Å². The average molecular weight is 323 g/mol. The molecule has 2 aromatic carbocycles. The fourth-order valence-electron chi connectivity index (χ4n) is 3.03. The molecule has 114 valence electrons. The Morgan fingerprint density at radius 2 is 2.00 bits per heavy atom. The third kappa shape index (κ3) is 2.68. The van der Waals surface area contributed by atoms with Crippen molar-refractivity contribution in [3.8, 4) is 0 Å².